The van der Waals surface area contributed by atoms with Gasteiger partial charge in [-0.25, -0.2) is 0 Å². The molecule has 0 bridgehead atoms. The summed E-state index contributed by atoms with van der Waals surface area (Å²) in [5.74, 6) is 0.532. The molecule has 1 aromatic rings. The maximum atomic E-state index is 11.0. The lowest BCUT2D eigenvalue weighted by molar-refractivity contribution is -0.122. The summed E-state index contributed by atoms with van der Waals surface area (Å²) < 4.78 is 0. The van der Waals surface area contributed by atoms with Crippen LogP contribution in [0.2, 0.25) is 0 Å². The number of hydrogen-bond donors (Lipinski definition) is 2. The van der Waals surface area contributed by atoms with Crippen LogP contribution in [0.1, 0.15) is 24.3 Å². The van der Waals surface area contributed by atoms with Gasteiger partial charge in [0.2, 0.25) is 5.91 Å². The summed E-state index contributed by atoms with van der Waals surface area (Å²) >= 11 is 0. The zero-order valence-corrected chi connectivity index (χ0v) is 7.99. The maximum Gasteiger partial charge on any atom is 0.220 e. The predicted octanol–water partition coefficient (Wildman–Crippen LogP) is 1.26. The Morgan fingerprint density at radius 3 is 2.79 bits per heavy atom. The quantitative estimate of drug-likeness (QED) is 0.655. The molecule has 0 aliphatic carbocycles. The van der Waals surface area contributed by atoms with Crippen molar-refractivity contribution in [2.24, 2.45) is 0 Å². The maximum absolute atomic E-state index is 11.0. The minimum atomic E-state index is 0.149. The minimum absolute atomic E-state index is 0.149. The van der Waals surface area contributed by atoms with E-state index >= 15 is 0 Å². The van der Waals surface area contributed by atoms with E-state index in [1.807, 2.05) is 24.3 Å². The van der Waals surface area contributed by atoms with Crippen LogP contribution in [0.5, 0.6) is 0 Å². The number of nitrogens with one attached hydrogen (secondary N) is 1. The van der Waals surface area contributed by atoms with Gasteiger partial charge >= 0.3 is 0 Å². The van der Waals surface area contributed by atoms with Gasteiger partial charge in [0.25, 0.3) is 0 Å². The molecule has 3 nitrogen and oxygen atoms in total. The minimum Gasteiger partial charge on any atom is -0.398 e. The van der Waals surface area contributed by atoms with Gasteiger partial charge in [-0.15, -0.1) is 0 Å². The summed E-state index contributed by atoms with van der Waals surface area (Å²) in [5, 5.41) is 2.86. The number of carbonyl (C=O) groups is 1. The number of carbonyl (C=O) groups excluding carboxylic acids is 1. The van der Waals surface area contributed by atoms with Crippen molar-refractivity contribution in [3.63, 3.8) is 0 Å². The zero-order valence-electron chi connectivity index (χ0n) is 7.99. The fraction of sp³-hybridized carbons (Fsp3) is 0.364. The van der Waals surface area contributed by atoms with Crippen molar-refractivity contribution in [2.45, 2.75) is 18.8 Å². The van der Waals surface area contributed by atoms with Crippen LogP contribution in [0.3, 0.4) is 0 Å². The van der Waals surface area contributed by atoms with Crippen LogP contribution in [0, 0.1) is 0 Å². The SMILES string of the molecule is Nc1ccccc1C1CCC(=O)NC1. The van der Waals surface area contributed by atoms with Gasteiger partial charge in [0.05, 0.1) is 0 Å². The Bertz CT molecular complexity index is 339. The summed E-state index contributed by atoms with van der Waals surface area (Å²) in [6, 6.07) is 7.87. The third kappa shape index (κ3) is 1.71. The van der Waals surface area contributed by atoms with Crippen LogP contribution >= 0.6 is 0 Å². The molecule has 14 heavy (non-hydrogen) atoms. The molecule has 3 N–H and O–H groups in total. The van der Waals surface area contributed by atoms with Crippen LogP contribution in [0.25, 0.3) is 0 Å². The number of nitrogens with two attached hydrogens (primary N) is 1. The predicted molar refractivity (Wildman–Crippen MR) is 55.8 cm³/mol. The Morgan fingerprint density at radius 2 is 2.14 bits per heavy atom. The molecule has 0 saturated carbocycles. The second kappa shape index (κ2) is 3.70. The van der Waals surface area contributed by atoms with Gasteiger partial charge in [0, 0.05) is 24.6 Å². The lowest BCUT2D eigenvalue weighted by Gasteiger charge is -2.23. The van der Waals surface area contributed by atoms with Crippen molar-refractivity contribution in [1.82, 2.24) is 5.32 Å². The first-order valence-corrected chi connectivity index (χ1v) is 4.88. The molecule has 1 aromatic carbocycles. The summed E-state index contributed by atoms with van der Waals surface area (Å²) in [6.45, 7) is 0.715. The molecule has 0 radical (unpaired) electrons. The number of piperidine rings is 1. The molecular formula is C11H14N2O. The number of anilines is 1. The van der Waals surface area contributed by atoms with Gasteiger partial charge in [-0.1, -0.05) is 18.2 Å². The molecule has 0 aromatic heterocycles. The summed E-state index contributed by atoms with van der Waals surface area (Å²) in [6.07, 6.45) is 1.51. The Labute approximate surface area is 83.3 Å². The van der Waals surface area contributed by atoms with Crippen LogP contribution < -0.4 is 11.1 Å². The summed E-state index contributed by atoms with van der Waals surface area (Å²) in [4.78, 5) is 11.0. The first kappa shape index (κ1) is 9.06. The number of para-hydroxylation sites is 1. The third-order valence-corrected chi connectivity index (χ3v) is 2.70. The van der Waals surface area contributed by atoms with Crippen LogP contribution in [0.4, 0.5) is 5.69 Å². The number of hydrogen-bond acceptors (Lipinski definition) is 2. The average molecular weight is 190 g/mol. The van der Waals surface area contributed by atoms with E-state index in [2.05, 4.69) is 5.32 Å². The average Bonchev–Trinajstić information content (AvgIpc) is 2.20. The van der Waals surface area contributed by atoms with E-state index in [9.17, 15) is 4.79 Å². The van der Waals surface area contributed by atoms with Gasteiger partial charge in [0.15, 0.2) is 0 Å². The van der Waals surface area contributed by atoms with Crippen molar-refractivity contribution < 1.29 is 4.79 Å². The van der Waals surface area contributed by atoms with Gasteiger partial charge < -0.3 is 11.1 Å². The fourth-order valence-corrected chi connectivity index (χ4v) is 1.88. The lowest BCUT2D eigenvalue weighted by Crippen LogP contribution is -2.33. The first-order valence-electron chi connectivity index (χ1n) is 4.88. The molecule has 2 rings (SSSR count). The number of benzene rings is 1. The molecule has 1 heterocycles. The van der Waals surface area contributed by atoms with E-state index in [1.165, 1.54) is 0 Å². The van der Waals surface area contributed by atoms with Crippen LogP contribution in [-0.4, -0.2) is 12.5 Å². The molecule has 1 unspecified atom stereocenters. The number of nitrogen functional groups attached to an aromatic ring is 1. The fourth-order valence-electron chi connectivity index (χ4n) is 1.88. The molecular weight excluding hydrogens is 176 g/mol. The van der Waals surface area contributed by atoms with Crippen molar-refractivity contribution in [2.75, 3.05) is 12.3 Å². The van der Waals surface area contributed by atoms with Gasteiger partial charge in [-0.05, 0) is 18.1 Å². The number of amides is 1. The lowest BCUT2D eigenvalue weighted by atomic mass is 9.90. The Morgan fingerprint density at radius 1 is 1.36 bits per heavy atom. The Kier molecular flexibility index (Phi) is 2.39. The van der Waals surface area contributed by atoms with Crippen molar-refractivity contribution in [3.05, 3.63) is 29.8 Å². The topological polar surface area (TPSA) is 55.1 Å². The van der Waals surface area contributed by atoms with Crippen molar-refractivity contribution >= 4 is 11.6 Å². The smallest absolute Gasteiger partial charge is 0.220 e. The van der Waals surface area contributed by atoms with Gasteiger partial charge in [-0.2, -0.15) is 0 Å². The van der Waals surface area contributed by atoms with E-state index in [4.69, 9.17) is 5.73 Å². The highest BCUT2D eigenvalue weighted by atomic mass is 16.1. The van der Waals surface area contributed by atoms with Crippen LogP contribution in [0.15, 0.2) is 24.3 Å². The number of rotatable bonds is 1. The second-order valence-corrected chi connectivity index (χ2v) is 3.67. The molecule has 1 atom stereocenters. The zero-order chi connectivity index (χ0) is 9.97. The Hall–Kier alpha value is -1.51. The van der Waals surface area contributed by atoms with Crippen molar-refractivity contribution in [3.8, 4) is 0 Å². The summed E-state index contributed by atoms with van der Waals surface area (Å²) in [5.41, 5.74) is 7.86. The third-order valence-electron chi connectivity index (χ3n) is 2.70. The standard InChI is InChI=1S/C11H14N2O/c12-10-4-2-1-3-9(10)8-5-6-11(14)13-7-8/h1-4,8H,5-7,12H2,(H,13,14). The molecule has 1 amide bonds. The van der Waals surface area contributed by atoms with E-state index in [-0.39, 0.29) is 5.91 Å². The molecule has 74 valence electrons. The van der Waals surface area contributed by atoms with E-state index < -0.39 is 0 Å². The molecule has 1 saturated heterocycles. The largest absolute Gasteiger partial charge is 0.398 e. The summed E-state index contributed by atoms with van der Waals surface area (Å²) in [7, 11) is 0. The molecule has 1 aliphatic heterocycles. The van der Waals surface area contributed by atoms with Gasteiger partial charge in [-0.3, -0.25) is 4.79 Å². The Balaban J connectivity index is 2.16. The first-order chi connectivity index (χ1) is 6.77. The molecule has 1 aliphatic rings. The van der Waals surface area contributed by atoms with Gasteiger partial charge in [0.1, 0.15) is 0 Å². The molecule has 0 spiro atoms. The van der Waals surface area contributed by atoms with E-state index in [1.54, 1.807) is 0 Å². The monoisotopic (exact) mass is 190 g/mol. The van der Waals surface area contributed by atoms with Crippen molar-refractivity contribution in [1.29, 1.82) is 0 Å². The molecule has 3 heteroatoms. The molecule has 1 fully saturated rings. The normalized spacial score (nSPS) is 21.7. The van der Waals surface area contributed by atoms with E-state index in [0.717, 1.165) is 17.7 Å². The van der Waals surface area contributed by atoms with E-state index in [0.29, 0.717) is 18.9 Å². The van der Waals surface area contributed by atoms with Crippen LogP contribution in [-0.2, 0) is 4.79 Å². The second-order valence-electron chi connectivity index (χ2n) is 3.67. The highest BCUT2D eigenvalue weighted by molar-refractivity contribution is 5.77. The highest BCUT2D eigenvalue weighted by Gasteiger charge is 2.20. The highest BCUT2D eigenvalue weighted by Crippen LogP contribution is 2.27.